The Morgan fingerprint density at radius 3 is 2.52 bits per heavy atom. The van der Waals surface area contributed by atoms with Crippen molar-refractivity contribution in [3.63, 3.8) is 0 Å². The van der Waals surface area contributed by atoms with E-state index < -0.39 is 60.3 Å². The van der Waals surface area contributed by atoms with Gasteiger partial charge in [0.1, 0.15) is 0 Å². The number of hydrogen-bond donors (Lipinski definition) is 0. The minimum atomic E-state index is -3.44. The maximum Gasteiger partial charge on any atom is 0.264 e. The van der Waals surface area contributed by atoms with E-state index in [9.17, 15) is 8.22 Å². The Morgan fingerprint density at radius 2 is 1.64 bits per heavy atom. The van der Waals surface area contributed by atoms with Crippen LogP contribution in [0.1, 0.15) is 76.7 Å². The lowest BCUT2D eigenvalue weighted by Gasteiger charge is -2.40. The smallest absolute Gasteiger partial charge is 0.264 e. The second-order valence-corrected chi connectivity index (χ2v) is 15.5. The summed E-state index contributed by atoms with van der Waals surface area (Å²) in [6.07, 6.45) is -10.1. The van der Waals surface area contributed by atoms with Gasteiger partial charge < -0.3 is 9.47 Å². The SMILES string of the molecule is [2H]c1c([2H])c([2H])c2c(c1[2H])C([2H])([2H])C([2H])([2H])C([2H])([2H])C2([2H])c1cc2c3c(c1)-n1c4ccccc4c4cccc(c41)B3c1sc3ccc(C(C)(C)C)cc3c1N2c1ccccc1. The van der Waals surface area contributed by atoms with Crippen LogP contribution in [0.4, 0.5) is 17.1 Å². The van der Waals surface area contributed by atoms with Crippen LogP contribution in [0.2, 0.25) is 0 Å². The molecule has 50 heavy (non-hydrogen) atoms. The normalized spacial score (nSPS) is 23.9. The van der Waals surface area contributed by atoms with Crippen molar-refractivity contribution in [2.45, 2.75) is 51.2 Å². The van der Waals surface area contributed by atoms with Crippen LogP contribution in [0.15, 0.2) is 127 Å². The van der Waals surface area contributed by atoms with Crippen LogP contribution in [-0.4, -0.2) is 11.3 Å². The zero-order valence-corrected chi connectivity index (χ0v) is 28.5. The van der Waals surface area contributed by atoms with Gasteiger partial charge in [-0.2, -0.15) is 0 Å². The number of hydrogen-bond acceptors (Lipinski definition) is 2. The van der Waals surface area contributed by atoms with Crippen LogP contribution >= 0.6 is 11.3 Å². The summed E-state index contributed by atoms with van der Waals surface area (Å²) < 4.78 is 106. The van der Waals surface area contributed by atoms with Gasteiger partial charge in [0.15, 0.2) is 0 Å². The Kier molecular flexibility index (Phi) is 4.09. The Hall–Kier alpha value is -5.06. The number of thiophene rings is 1. The molecule has 1 aliphatic carbocycles. The average molecular weight is 672 g/mol. The van der Waals surface area contributed by atoms with E-state index in [1.165, 1.54) is 0 Å². The van der Waals surface area contributed by atoms with Crippen molar-refractivity contribution in [1.29, 1.82) is 0 Å². The fraction of sp³-hybridized carbons (Fsp3) is 0.174. The Morgan fingerprint density at radius 1 is 0.840 bits per heavy atom. The minimum absolute atomic E-state index is 0.0692. The van der Waals surface area contributed by atoms with Gasteiger partial charge in [-0.1, -0.05) is 106 Å². The first-order valence-electron chi connectivity index (χ1n) is 22.5. The van der Waals surface area contributed by atoms with Crippen molar-refractivity contribution in [3.05, 3.63) is 150 Å². The molecular formula is C46H37BN2S. The lowest BCUT2D eigenvalue weighted by atomic mass is 9.36. The molecule has 0 saturated carbocycles. The Bertz CT molecular complexity index is 3260. The van der Waals surface area contributed by atoms with Crippen molar-refractivity contribution in [2.24, 2.45) is 0 Å². The van der Waals surface area contributed by atoms with Crippen molar-refractivity contribution in [3.8, 4) is 5.69 Å². The largest absolute Gasteiger partial charge is 0.310 e. The molecule has 11 rings (SSSR count). The van der Waals surface area contributed by atoms with Crippen LogP contribution in [0.25, 0.3) is 37.6 Å². The van der Waals surface area contributed by atoms with Crippen LogP contribution in [0.5, 0.6) is 0 Å². The summed E-state index contributed by atoms with van der Waals surface area (Å²) in [6, 6.07) is 31.0. The minimum Gasteiger partial charge on any atom is -0.310 e. The average Bonchev–Trinajstić information content (AvgIpc) is 3.78. The summed E-state index contributed by atoms with van der Waals surface area (Å²) in [7, 11) is 0. The first-order chi connectivity index (χ1) is 28.7. The van der Waals surface area contributed by atoms with E-state index in [0.29, 0.717) is 11.4 Å². The van der Waals surface area contributed by atoms with Gasteiger partial charge in [0.25, 0.3) is 6.71 Å². The fourth-order valence-electron chi connectivity index (χ4n) is 8.38. The van der Waals surface area contributed by atoms with Gasteiger partial charge in [0, 0.05) is 63.7 Å². The van der Waals surface area contributed by atoms with Gasteiger partial charge in [-0.3, -0.25) is 0 Å². The predicted octanol–water partition coefficient (Wildman–Crippen LogP) is 10.4. The molecule has 0 radical (unpaired) electrons. The zero-order valence-electron chi connectivity index (χ0n) is 38.7. The van der Waals surface area contributed by atoms with Gasteiger partial charge in [-0.25, -0.2) is 0 Å². The van der Waals surface area contributed by atoms with Crippen molar-refractivity contribution < 1.29 is 15.1 Å². The van der Waals surface area contributed by atoms with Gasteiger partial charge in [-0.05, 0) is 100 Å². The summed E-state index contributed by atoms with van der Waals surface area (Å²) in [4.78, 5) is 2.15. The molecule has 1 unspecified atom stereocenters. The molecule has 0 amide bonds. The predicted molar refractivity (Wildman–Crippen MR) is 215 cm³/mol. The summed E-state index contributed by atoms with van der Waals surface area (Å²) >= 11 is 1.73. The fourth-order valence-corrected chi connectivity index (χ4v) is 9.68. The number of anilines is 3. The van der Waals surface area contributed by atoms with Gasteiger partial charge >= 0.3 is 0 Å². The second-order valence-electron chi connectivity index (χ2n) is 14.4. The summed E-state index contributed by atoms with van der Waals surface area (Å²) in [5, 5.41) is 3.01. The highest BCUT2D eigenvalue weighted by atomic mass is 32.1. The van der Waals surface area contributed by atoms with E-state index in [-0.39, 0.29) is 17.7 Å². The van der Waals surface area contributed by atoms with Crippen molar-refractivity contribution >= 4 is 82.7 Å². The molecule has 2 nitrogen and oxygen atoms in total. The van der Waals surface area contributed by atoms with E-state index in [2.05, 4.69) is 72.7 Å². The third kappa shape index (κ3) is 3.86. The Balaban J connectivity index is 1.36. The van der Waals surface area contributed by atoms with Crippen LogP contribution < -0.4 is 20.6 Å². The molecule has 6 aromatic carbocycles. The van der Waals surface area contributed by atoms with E-state index in [0.717, 1.165) is 64.5 Å². The van der Waals surface area contributed by atoms with Gasteiger partial charge in [-0.15, -0.1) is 11.3 Å². The number of benzene rings is 6. The molecule has 0 N–H and O–H groups in total. The number of para-hydroxylation sites is 3. The standard InChI is InChI=1S/C46H37BN2S/c1-46(2,3)30-23-24-41-36(27-30)44-45(50-41)47-37-21-12-20-35-34-18-9-10-22-38(34)49(43(35)37)40-26-29(33-19-11-14-28-13-7-8-17-32(28)33)25-39(42(40)47)48(44)31-15-5-4-6-16-31/h4-10,12-13,15-18,20-27,33H,11,14,19H2,1-3H3/i7D,8D,11D2,13D,14D2,17D,19D2,33D. The first-order valence-corrected chi connectivity index (χ1v) is 17.8. The van der Waals surface area contributed by atoms with E-state index in [1.807, 2.05) is 48.5 Å². The van der Waals surface area contributed by atoms with Crippen molar-refractivity contribution in [2.75, 3.05) is 4.90 Å². The molecular weight excluding hydrogens is 623 g/mol. The molecule has 0 fully saturated rings. The number of fused-ring (bicyclic) bond motifs is 10. The monoisotopic (exact) mass is 671 g/mol. The summed E-state index contributed by atoms with van der Waals surface area (Å²) in [5.74, 6) is -2.90. The van der Waals surface area contributed by atoms with Gasteiger partial charge in [0.2, 0.25) is 0 Å². The highest BCUT2D eigenvalue weighted by Gasteiger charge is 2.44. The quantitative estimate of drug-likeness (QED) is 0.166. The maximum absolute atomic E-state index is 10.5. The van der Waals surface area contributed by atoms with Crippen LogP contribution in [-0.2, 0) is 11.8 Å². The Labute approximate surface area is 313 Å². The molecule has 0 spiro atoms. The lowest BCUT2D eigenvalue weighted by molar-refractivity contribution is 0.591. The molecule has 0 bridgehead atoms. The lowest BCUT2D eigenvalue weighted by Crippen LogP contribution is -2.59. The van der Waals surface area contributed by atoms with E-state index >= 15 is 0 Å². The van der Waals surface area contributed by atoms with Crippen molar-refractivity contribution in [1.82, 2.24) is 4.57 Å². The highest BCUT2D eigenvalue weighted by molar-refractivity contribution is 7.33. The topological polar surface area (TPSA) is 8.17 Å². The molecule has 240 valence electrons. The van der Waals surface area contributed by atoms with Crippen LogP contribution in [0.3, 0.4) is 0 Å². The zero-order chi connectivity index (χ0) is 43.1. The number of aromatic nitrogens is 1. The molecule has 4 heteroatoms. The molecule has 1 atom stereocenters. The van der Waals surface area contributed by atoms with Gasteiger partial charge in [0.05, 0.1) is 16.7 Å². The van der Waals surface area contributed by atoms with E-state index in [1.54, 1.807) is 23.5 Å². The highest BCUT2D eigenvalue weighted by Crippen LogP contribution is 2.48. The second kappa shape index (κ2) is 10.2. The molecule has 2 aliphatic heterocycles. The summed E-state index contributed by atoms with van der Waals surface area (Å²) in [6.45, 7) is 6.21. The number of rotatable bonds is 2. The maximum atomic E-state index is 10.5. The van der Waals surface area contributed by atoms with E-state index in [4.69, 9.17) is 6.85 Å². The van der Waals surface area contributed by atoms with Crippen LogP contribution in [0, 0.1) is 0 Å². The molecule has 4 heterocycles. The third-order valence-electron chi connectivity index (χ3n) is 10.6. The first kappa shape index (κ1) is 20.0. The summed E-state index contributed by atoms with van der Waals surface area (Å²) in [5.41, 5.74) is 6.25. The molecule has 2 aromatic heterocycles. The third-order valence-corrected chi connectivity index (χ3v) is 11.8. The molecule has 3 aliphatic rings. The molecule has 0 saturated heterocycles. The number of nitrogens with zero attached hydrogens (tertiary/aromatic N) is 2. The molecule has 8 aromatic rings.